The molecule has 0 saturated carbocycles. The number of nitrogens with zero attached hydrogens (tertiary/aromatic N) is 1. The number of fused-ring (bicyclic) bond motifs is 1. The van der Waals surface area contributed by atoms with Gasteiger partial charge in [-0.05, 0) is 52.9 Å². The van der Waals surface area contributed by atoms with E-state index < -0.39 is 6.09 Å². The van der Waals surface area contributed by atoms with Gasteiger partial charge >= 0.3 is 6.09 Å². The molecule has 1 saturated heterocycles. The van der Waals surface area contributed by atoms with Crippen LogP contribution in [0.5, 0.6) is 5.75 Å². The van der Waals surface area contributed by atoms with Gasteiger partial charge in [0.25, 0.3) is 0 Å². The van der Waals surface area contributed by atoms with E-state index in [0.29, 0.717) is 45.6 Å². The lowest BCUT2D eigenvalue weighted by Crippen LogP contribution is -2.46. The molecule has 39 heavy (non-hydrogen) atoms. The molecule has 4 aromatic carbocycles. The third kappa shape index (κ3) is 6.84. The highest BCUT2D eigenvalue weighted by atomic mass is 16.5. The number of carboxylic acid groups (broad SMARTS) is 1. The fraction of sp³-hybridized carbons (Fsp3) is 0.273. The summed E-state index contributed by atoms with van der Waals surface area (Å²) in [4.78, 5) is 25.4. The predicted octanol–water partition coefficient (Wildman–Crippen LogP) is 6.93. The molecule has 1 heterocycles. The first-order chi connectivity index (χ1) is 19.1. The smallest absolute Gasteiger partial charge is 0.407 e. The molecule has 2 unspecified atom stereocenters. The molecular weight excluding hydrogens is 490 g/mol. The number of hydrogen-bond donors (Lipinski definition) is 1. The van der Waals surface area contributed by atoms with Crippen LogP contribution in [0.4, 0.5) is 4.79 Å². The van der Waals surface area contributed by atoms with Gasteiger partial charge in [0.15, 0.2) is 5.78 Å². The molecule has 6 heteroatoms. The lowest BCUT2D eigenvalue weighted by molar-refractivity contribution is -0.0199. The molecule has 1 fully saturated rings. The van der Waals surface area contributed by atoms with Gasteiger partial charge in [-0.15, -0.1) is 0 Å². The maximum atomic E-state index is 12.3. The maximum absolute atomic E-state index is 12.3. The van der Waals surface area contributed by atoms with Crippen molar-refractivity contribution >= 4 is 22.6 Å². The van der Waals surface area contributed by atoms with Crippen molar-refractivity contribution in [2.75, 3.05) is 19.7 Å². The number of amides is 1. The molecule has 1 aliphatic heterocycles. The number of benzene rings is 4. The van der Waals surface area contributed by atoms with E-state index in [1.54, 1.807) is 0 Å². The summed E-state index contributed by atoms with van der Waals surface area (Å²) < 4.78 is 12.2. The Morgan fingerprint density at radius 2 is 1.62 bits per heavy atom. The number of carbonyl (C=O) groups excluding carboxylic acids is 1. The van der Waals surface area contributed by atoms with Crippen LogP contribution in [-0.2, 0) is 11.3 Å². The summed E-state index contributed by atoms with van der Waals surface area (Å²) in [6.45, 7) is 1.69. The second-order valence-electron chi connectivity index (χ2n) is 9.96. The van der Waals surface area contributed by atoms with Crippen LogP contribution in [0.15, 0.2) is 97.1 Å². The number of Topliss-reactive ketones (excluding diaryl/α,β-unsaturated/α-hetero) is 1. The van der Waals surface area contributed by atoms with Gasteiger partial charge in [-0.2, -0.15) is 0 Å². The van der Waals surface area contributed by atoms with Crippen LogP contribution in [0.2, 0.25) is 0 Å². The van der Waals surface area contributed by atoms with Crippen LogP contribution in [0.25, 0.3) is 10.8 Å². The first-order valence-corrected chi connectivity index (χ1v) is 13.4. The first kappa shape index (κ1) is 26.4. The Labute approximate surface area is 228 Å². The third-order valence-corrected chi connectivity index (χ3v) is 7.33. The van der Waals surface area contributed by atoms with Crippen molar-refractivity contribution in [2.45, 2.75) is 37.9 Å². The first-order valence-electron chi connectivity index (χ1n) is 13.4. The minimum Gasteiger partial charge on any atom is -0.494 e. The van der Waals surface area contributed by atoms with Gasteiger partial charge < -0.3 is 19.5 Å². The van der Waals surface area contributed by atoms with Crippen molar-refractivity contribution < 1.29 is 24.2 Å². The zero-order valence-corrected chi connectivity index (χ0v) is 21.9. The monoisotopic (exact) mass is 523 g/mol. The summed E-state index contributed by atoms with van der Waals surface area (Å²) in [6.07, 6.45) is 0.615. The molecule has 1 amide bonds. The van der Waals surface area contributed by atoms with Crippen LogP contribution in [-0.4, -0.2) is 47.7 Å². The molecule has 0 radical (unpaired) electrons. The van der Waals surface area contributed by atoms with E-state index in [9.17, 15) is 14.7 Å². The van der Waals surface area contributed by atoms with Crippen LogP contribution in [0, 0.1) is 0 Å². The highest BCUT2D eigenvalue weighted by Crippen LogP contribution is 2.32. The average molecular weight is 524 g/mol. The summed E-state index contributed by atoms with van der Waals surface area (Å²) in [7, 11) is 0. The second kappa shape index (κ2) is 12.6. The zero-order valence-electron chi connectivity index (χ0n) is 21.9. The minimum atomic E-state index is -0.915. The Kier molecular flexibility index (Phi) is 8.54. The van der Waals surface area contributed by atoms with Gasteiger partial charge in [-0.25, -0.2) is 4.79 Å². The van der Waals surface area contributed by atoms with E-state index >= 15 is 0 Å². The molecule has 6 nitrogen and oxygen atoms in total. The standard InChI is InChI=1S/C33H33NO5/c35-31(27-8-2-1-3-9-27)11-6-20-38-29-16-14-26(15-17-29)30-18-19-34(33(36)37)22-32(30)39-23-24-12-13-25-7-4-5-10-28(25)21-24/h1-5,7-10,12-17,21,30,32H,6,11,18-20,22-23H2,(H,36,37). The minimum absolute atomic E-state index is 0.0820. The number of piperidine rings is 1. The van der Waals surface area contributed by atoms with E-state index in [-0.39, 0.29) is 17.8 Å². The molecule has 2 atom stereocenters. The van der Waals surface area contributed by atoms with E-state index in [1.165, 1.54) is 10.3 Å². The fourth-order valence-electron chi connectivity index (χ4n) is 5.17. The molecule has 200 valence electrons. The second-order valence-corrected chi connectivity index (χ2v) is 9.96. The van der Waals surface area contributed by atoms with Crippen molar-refractivity contribution in [3.05, 3.63) is 114 Å². The summed E-state index contributed by atoms with van der Waals surface area (Å²) >= 11 is 0. The Hall–Kier alpha value is -4.16. The molecule has 1 N–H and O–H groups in total. The van der Waals surface area contributed by atoms with Gasteiger partial charge in [0.2, 0.25) is 0 Å². The molecule has 0 spiro atoms. The van der Waals surface area contributed by atoms with Gasteiger partial charge in [-0.1, -0.05) is 78.9 Å². The van der Waals surface area contributed by atoms with Gasteiger partial charge in [0.1, 0.15) is 5.75 Å². The van der Waals surface area contributed by atoms with Crippen molar-refractivity contribution in [3.63, 3.8) is 0 Å². The Balaban J connectivity index is 1.18. The predicted molar refractivity (Wildman–Crippen MR) is 151 cm³/mol. The zero-order chi connectivity index (χ0) is 27.0. The summed E-state index contributed by atoms with van der Waals surface area (Å²) in [6, 6.07) is 31.8. The van der Waals surface area contributed by atoms with Crippen molar-refractivity contribution in [1.29, 1.82) is 0 Å². The van der Waals surface area contributed by atoms with E-state index in [1.807, 2.05) is 66.7 Å². The molecular formula is C33H33NO5. The van der Waals surface area contributed by atoms with Crippen molar-refractivity contribution in [1.82, 2.24) is 4.90 Å². The average Bonchev–Trinajstić information content (AvgIpc) is 2.98. The highest BCUT2D eigenvalue weighted by Gasteiger charge is 2.33. The number of hydrogen-bond acceptors (Lipinski definition) is 4. The summed E-state index contributed by atoms with van der Waals surface area (Å²) in [5.41, 5.74) is 2.90. The third-order valence-electron chi connectivity index (χ3n) is 7.33. The normalized spacial score (nSPS) is 17.2. The van der Waals surface area contributed by atoms with Crippen LogP contribution < -0.4 is 4.74 Å². The largest absolute Gasteiger partial charge is 0.494 e. The quantitative estimate of drug-likeness (QED) is 0.180. The highest BCUT2D eigenvalue weighted by molar-refractivity contribution is 5.95. The molecule has 1 aliphatic rings. The number of ether oxygens (including phenoxy) is 2. The van der Waals surface area contributed by atoms with Gasteiger partial charge in [-0.3, -0.25) is 4.79 Å². The number of ketones is 1. The van der Waals surface area contributed by atoms with E-state index in [4.69, 9.17) is 9.47 Å². The number of likely N-dealkylation sites (tertiary alicyclic amines) is 1. The SMILES string of the molecule is O=C(CCCOc1ccc(C2CCN(C(=O)O)CC2OCc2ccc3ccccc3c2)cc1)c1ccccc1. The Morgan fingerprint density at radius 3 is 2.38 bits per heavy atom. The van der Waals surface area contributed by atoms with Gasteiger partial charge in [0.05, 0.1) is 25.9 Å². The van der Waals surface area contributed by atoms with Crippen LogP contribution in [0.1, 0.15) is 46.7 Å². The fourth-order valence-corrected chi connectivity index (χ4v) is 5.17. The van der Waals surface area contributed by atoms with Crippen LogP contribution >= 0.6 is 0 Å². The number of carbonyl (C=O) groups is 2. The lowest BCUT2D eigenvalue weighted by atomic mass is 9.87. The molecule has 5 rings (SSSR count). The van der Waals surface area contributed by atoms with Crippen LogP contribution in [0.3, 0.4) is 0 Å². The van der Waals surface area contributed by atoms with Gasteiger partial charge in [0, 0.05) is 24.4 Å². The number of rotatable bonds is 10. The van der Waals surface area contributed by atoms with Crippen molar-refractivity contribution in [3.8, 4) is 5.75 Å². The molecule has 0 aromatic heterocycles. The maximum Gasteiger partial charge on any atom is 0.407 e. The molecule has 0 bridgehead atoms. The topological polar surface area (TPSA) is 76.1 Å². The van der Waals surface area contributed by atoms with E-state index in [2.05, 4.69) is 30.3 Å². The Bertz CT molecular complexity index is 1400. The summed E-state index contributed by atoms with van der Waals surface area (Å²) in [5, 5.41) is 11.9. The summed E-state index contributed by atoms with van der Waals surface area (Å²) in [5.74, 6) is 0.957. The molecule has 0 aliphatic carbocycles. The Morgan fingerprint density at radius 1 is 0.872 bits per heavy atom. The van der Waals surface area contributed by atoms with E-state index in [0.717, 1.165) is 27.8 Å². The molecule has 4 aromatic rings. The lowest BCUT2D eigenvalue weighted by Gasteiger charge is -2.37. The van der Waals surface area contributed by atoms with Crippen molar-refractivity contribution in [2.24, 2.45) is 0 Å².